The fourth-order valence-corrected chi connectivity index (χ4v) is 1.81. The van der Waals surface area contributed by atoms with E-state index in [0.717, 1.165) is 25.8 Å². The Balaban J connectivity index is 2.29. The Morgan fingerprint density at radius 2 is 1.82 bits per heavy atom. The summed E-state index contributed by atoms with van der Waals surface area (Å²) in [4.78, 5) is 0. The van der Waals surface area contributed by atoms with Crippen LogP contribution in [0.5, 0.6) is 0 Å². The molecule has 2 N–H and O–H groups in total. The Morgan fingerprint density at radius 3 is 2.41 bits per heavy atom. The summed E-state index contributed by atoms with van der Waals surface area (Å²) < 4.78 is 0. The summed E-state index contributed by atoms with van der Waals surface area (Å²) in [7, 11) is 0. The Hall–Kier alpha value is -0.860. The number of aliphatic hydroxyl groups is 1. The third kappa shape index (κ3) is 6.44. The van der Waals surface area contributed by atoms with Crippen LogP contribution in [0.1, 0.15) is 39.2 Å². The summed E-state index contributed by atoms with van der Waals surface area (Å²) in [6, 6.07) is 10.8. The van der Waals surface area contributed by atoms with Gasteiger partial charge in [0.2, 0.25) is 0 Å². The largest absolute Gasteiger partial charge is 0.390 e. The van der Waals surface area contributed by atoms with E-state index in [9.17, 15) is 5.11 Å². The van der Waals surface area contributed by atoms with Crippen molar-refractivity contribution in [3.63, 3.8) is 0 Å². The standard InChI is InChI=1S/C15H25NO/c1-13(2)16-12-11-15(3,17)10-9-14-7-5-4-6-8-14/h4-8,13,16-17H,9-12H2,1-3H3. The third-order valence-electron chi connectivity index (χ3n) is 3.01. The number of hydrogen-bond acceptors (Lipinski definition) is 2. The van der Waals surface area contributed by atoms with Crippen LogP contribution in [0, 0.1) is 0 Å². The van der Waals surface area contributed by atoms with E-state index in [-0.39, 0.29) is 0 Å². The lowest BCUT2D eigenvalue weighted by Gasteiger charge is -2.24. The predicted octanol–water partition coefficient (Wildman–Crippen LogP) is 2.76. The topological polar surface area (TPSA) is 32.3 Å². The number of aryl methyl sites for hydroxylation is 1. The molecule has 0 spiro atoms. The van der Waals surface area contributed by atoms with Gasteiger partial charge in [0.05, 0.1) is 5.60 Å². The van der Waals surface area contributed by atoms with E-state index in [0.29, 0.717) is 6.04 Å². The first-order chi connectivity index (χ1) is 7.99. The number of hydrogen-bond donors (Lipinski definition) is 2. The Morgan fingerprint density at radius 1 is 1.18 bits per heavy atom. The van der Waals surface area contributed by atoms with Crippen LogP contribution in [0.25, 0.3) is 0 Å². The molecular weight excluding hydrogens is 210 g/mol. The molecule has 0 radical (unpaired) electrons. The van der Waals surface area contributed by atoms with Crippen LogP contribution in [0.15, 0.2) is 30.3 Å². The van der Waals surface area contributed by atoms with Gasteiger partial charge in [-0.15, -0.1) is 0 Å². The van der Waals surface area contributed by atoms with Crippen LogP contribution in [0.2, 0.25) is 0 Å². The molecule has 1 aromatic carbocycles. The summed E-state index contributed by atoms with van der Waals surface area (Å²) in [5.74, 6) is 0. The highest BCUT2D eigenvalue weighted by molar-refractivity contribution is 5.14. The first-order valence-corrected chi connectivity index (χ1v) is 6.49. The molecule has 0 aliphatic rings. The summed E-state index contributed by atoms with van der Waals surface area (Å²) in [5, 5.41) is 13.6. The zero-order valence-corrected chi connectivity index (χ0v) is 11.2. The van der Waals surface area contributed by atoms with Crippen molar-refractivity contribution in [2.24, 2.45) is 0 Å². The van der Waals surface area contributed by atoms with Crippen molar-refractivity contribution in [1.29, 1.82) is 0 Å². The molecule has 2 nitrogen and oxygen atoms in total. The zero-order valence-electron chi connectivity index (χ0n) is 11.2. The molecule has 96 valence electrons. The Labute approximate surface area is 105 Å². The molecule has 1 atom stereocenters. The third-order valence-corrected chi connectivity index (χ3v) is 3.01. The second-order valence-corrected chi connectivity index (χ2v) is 5.34. The lowest BCUT2D eigenvalue weighted by molar-refractivity contribution is 0.0421. The average Bonchev–Trinajstić information content (AvgIpc) is 2.27. The average molecular weight is 235 g/mol. The van der Waals surface area contributed by atoms with Gasteiger partial charge in [-0.2, -0.15) is 0 Å². The molecule has 0 saturated carbocycles. The van der Waals surface area contributed by atoms with E-state index in [1.807, 2.05) is 25.1 Å². The van der Waals surface area contributed by atoms with Crippen molar-refractivity contribution in [3.8, 4) is 0 Å². The maximum absolute atomic E-state index is 10.2. The fraction of sp³-hybridized carbons (Fsp3) is 0.600. The van der Waals surface area contributed by atoms with E-state index in [4.69, 9.17) is 0 Å². The van der Waals surface area contributed by atoms with Crippen LogP contribution in [0.3, 0.4) is 0 Å². The van der Waals surface area contributed by atoms with Gasteiger partial charge in [-0.25, -0.2) is 0 Å². The highest BCUT2D eigenvalue weighted by Crippen LogP contribution is 2.17. The van der Waals surface area contributed by atoms with Crippen molar-refractivity contribution in [2.75, 3.05) is 6.54 Å². The molecule has 1 aromatic rings. The molecule has 0 aromatic heterocycles. The van der Waals surface area contributed by atoms with Gasteiger partial charge in [0.25, 0.3) is 0 Å². The van der Waals surface area contributed by atoms with Crippen LogP contribution < -0.4 is 5.32 Å². The molecule has 1 unspecified atom stereocenters. The number of nitrogens with one attached hydrogen (secondary N) is 1. The summed E-state index contributed by atoms with van der Waals surface area (Å²) >= 11 is 0. The van der Waals surface area contributed by atoms with Gasteiger partial charge in [-0.3, -0.25) is 0 Å². The molecule has 0 bridgehead atoms. The van der Waals surface area contributed by atoms with Crippen molar-refractivity contribution < 1.29 is 5.11 Å². The van der Waals surface area contributed by atoms with Crippen molar-refractivity contribution in [3.05, 3.63) is 35.9 Å². The molecule has 1 rings (SSSR count). The molecule has 17 heavy (non-hydrogen) atoms. The van der Waals surface area contributed by atoms with E-state index in [2.05, 4.69) is 31.3 Å². The normalized spacial score (nSPS) is 14.9. The van der Waals surface area contributed by atoms with Crippen molar-refractivity contribution >= 4 is 0 Å². The Bertz CT molecular complexity index is 306. The van der Waals surface area contributed by atoms with Gasteiger partial charge in [-0.05, 0) is 38.3 Å². The second kappa shape index (κ2) is 6.77. The maximum Gasteiger partial charge on any atom is 0.0635 e. The molecule has 0 amide bonds. The molecule has 0 aliphatic carbocycles. The minimum Gasteiger partial charge on any atom is -0.390 e. The second-order valence-electron chi connectivity index (χ2n) is 5.34. The molecule has 0 saturated heterocycles. The first kappa shape index (κ1) is 14.2. The summed E-state index contributed by atoms with van der Waals surface area (Å²) in [6.45, 7) is 7.05. The highest BCUT2D eigenvalue weighted by atomic mass is 16.3. The SMILES string of the molecule is CC(C)NCCC(C)(O)CCc1ccccc1. The van der Waals surface area contributed by atoms with Gasteiger partial charge in [0, 0.05) is 6.04 Å². The quantitative estimate of drug-likeness (QED) is 0.761. The zero-order chi connectivity index (χ0) is 12.7. The van der Waals surface area contributed by atoms with E-state index < -0.39 is 5.60 Å². The van der Waals surface area contributed by atoms with Crippen molar-refractivity contribution in [1.82, 2.24) is 5.32 Å². The monoisotopic (exact) mass is 235 g/mol. The number of benzene rings is 1. The minimum atomic E-state index is -0.572. The Kier molecular flexibility index (Phi) is 5.66. The molecular formula is C15H25NO. The minimum absolute atomic E-state index is 0.486. The van der Waals surface area contributed by atoms with Gasteiger partial charge in [-0.1, -0.05) is 44.2 Å². The highest BCUT2D eigenvalue weighted by Gasteiger charge is 2.19. The van der Waals surface area contributed by atoms with Crippen molar-refractivity contribution in [2.45, 2.75) is 51.7 Å². The van der Waals surface area contributed by atoms with Gasteiger partial charge in [0.1, 0.15) is 0 Å². The lowest BCUT2D eigenvalue weighted by Crippen LogP contribution is -2.33. The van der Waals surface area contributed by atoms with E-state index in [1.165, 1.54) is 5.56 Å². The van der Waals surface area contributed by atoms with Gasteiger partial charge >= 0.3 is 0 Å². The van der Waals surface area contributed by atoms with E-state index in [1.54, 1.807) is 0 Å². The van der Waals surface area contributed by atoms with Gasteiger partial charge in [0.15, 0.2) is 0 Å². The molecule has 0 fully saturated rings. The summed E-state index contributed by atoms with van der Waals surface area (Å²) in [5.41, 5.74) is 0.724. The van der Waals surface area contributed by atoms with Crippen LogP contribution in [-0.4, -0.2) is 23.3 Å². The predicted molar refractivity (Wildman–Crippen MR) is 73.1 cm³/mol. The molecule has 0 aliphatic heterocycles. The fourth-order valence-electron chi connectivity index (χ4n) is 1.81. The molecule has 0 heterocycles. The lowest BCUT2D eigenvalue weighted by atomic mass is 9.93. The number of rotatable bonds is 7. The van der Waals surface area contributed by atoms with Gasteiger partial charge < -0.3 is 10.4 Å². The van der Waals surface area contributed by atoms with E-state index >= 15 is 0 Å². The summed E-state index contributed by atoms with van der Waals surface area (Å²) in [6.07, 6.45) is 2.56. The molecule has 2 heteroatoms. The van der Waals surface area contributed by atoms with Crippen LogP contribution in [0.4, 0.5) is 0 Å². The smallest absolute Gasteiger partial charge is 0.0635 e. The first-order valence-electron chi connectivity index (χ1n) is 6.49. The maximum atomic E-state index is 10.2. The van der Waals surface area contributed by atoms with Crippen LogP contribution in [-0.2, 0) is 6.42 Å². The van der Waals surface area contributed by atoms with Crippen LogP contribution >= 0.6 is 0 Å².